The molecule has 25 heavy (non-hydrogen) atoms. The lowest BCUT2D eigenvalue weighted by Gasteiger charge is -2.07. The van der Waals surface area contributed by atoms with Gasteiger partial charge in [-0.25, -0.2) is 4.39 Å². The van der Waals surface area contributed by atoms with Crippen LogP contribution >= 0.6 is 15.9 Å². The number of hydrogen-bond donors (Lipinski definition) is 2. The Bertz CT molecular complexity index is 811. The first-order valence-electron chi connectivity index (χ1n) is 7.35. The number of carbonyl (C=O) groups is 1. The van der Waals surface area contributed by atoms with Gasteiger partial charge in [-0.3, -0.25) is 14.9 Å². The summed E-state index contributed by atoms with van der Waals surface area (Å²) in [6.45, 7) is 0.575. The number of anilines is 1. The van der Waals surface area contributed by atoms with E-state index in [4.69, 9.17) is 0 Å². The second kappa shape index (κ2) is 8.93. The average molecular weight is 408 g/mol. The molecule has 0 heterocycles. The molecule has 0 aliphatic carbocycles. The number of para-hydroxylation sites is 2. The van der Waals surface area contributed by atoms with Crippen LogP contribution in [0.1, 0.15) is 5.56 Å². The lowest BCUT2D eigenvalue weighted by molar-refractivity contribution is -0.384. The maximum atomic E-state index is 13.5. The van der Waals surface area contributed by atoms with Crippen LogP contribution in [0, 0.1) is 15.9 Å². The van der Waals surface area contributed by atoms with Crippen LogP contribution in [0.15, 0.2) is 53.0 Å². The summed E-state index contributed by atoms with van der Waals surface area (Å²) in [6, 6.07) is 10.7. The Kier molecular flexibility index (Phi) is 6.64. The first-order chi connectivity index (χ1) is 12.0. The molecule has 0 spiro atoms. The molecule has 0 aliphatic heterocycles. The summed E-state index contributed by atoms with van der Waals surface area (Å²) in [4.78, 5) is 22.1. The summed E-state index contributed by atoms with van der Waals surface area (Å²) in [5, 5.41) is 16.4. The lowest BCUT2D eigenvalue weighted by Crippen LogP contribution is -2.27. The zero-order valence-electron chi connectivity index (χ0n) is 13.0. The van der Waals surface area contributed by atoms with E-state index in [2.05, 4.69) is 26.6 Å². The van der Waals surface area contributed by atoms with E-state index >= 15 is 0 Å². The van der Waals surface area contributed by atoms with E-state index in [9.17, 15) is 19.3 Å². The number of nitro benzene ring substituents is 1. The van der Waals surface area contributed by atoms with Crippen molar-refractivity contribution in [1.29, 1.82) is 0 Å². The fourth-order valence-electron chi connectivity index (χ4n) is 2.03. The molecule has 0 unspecified atom stereocenters. The maximum absolute atomic E-state index is 13.5. The molecule has 0 aliphatic rings. The van der Waals surface area contributed by atoms with E-state index in [1.165, 1.54) is 24.3 Å². The van der Waals surface area contributed by atoms with Crippen molar-refractivity contribution in [3.05, 3.63) is 74.5 Å². The highest BCUT2D eigenvalue weighted by molar-refractivity contribution is 9.10. The minimum atomic E-state index is -0.476. The molecule has 0 saturated heterocycles. The first kappa shape index (κ1) is 18.6. The van der Waals surface area contributed by atoms with Crippen molar-refractivity contribution in [2.45, 2.75) is 0 Å². The van der Waals surface area contributed by atoms with Crippen molar-refractivity contribution < 1.29 is 14.1 Å². The van der Waals surface area contributed by atoms with Crippen LogP contribution in [0.5, 0.6) is 0 Å². The fourth-order valence-corrected chi connectivity index (χ4v) is 2.41. The number of benzene rings is 2. The van der Waals surface area contributed by atoms with Crippen LogP contribution in [-0.2, 0) is 4.79 Å². The molecule has 0 saturated carbocycles. The van der Waals surface area contributed by atoms with E-state index in [-0.39, 0.29) is 18.1 Å². The molecule has 0 fully saturated rings. The fraction of sp³-hybridized carbons (Fsp3) is 0.118. The Morgan fingerprint density at radius 3 is 2.76 bits per heavy atom. The minimum absolute atomic E-state index is 0.0288. The summed E-state index contributed by atoms with van der Waals surface area (Å²) in [6.07, 6.45) is 2.61. The number of hydrogen-bond acceptors (Lipinski definition) is 4. The third kappa shape index (κ3) is 5.68. The second-order valence-electron chi connectivity index (χ2n) is 4.99. The van der Waals surface area contributed by atoms with Crippen molar-refractivity contribution in [3.63, 3.8) is 0 Å². The average Bonchev–Trinajstić information content (AvgIpc) is 2.59. The Morgan fingerprint density at radius 2 is 2.00 bits per heavy atom. The smallest absolute Gasteiger partial charge is 0.292 e. The van der Waals surface area contributed by atoms with Crippen LogP contribution in [-0.4, -0.2) is 23.9 Å². The number of halogens is 2. The number of rotatable bonds is 7. The Labute approximate surface area is 152 Å². The largest absolute Gasteiger partial charge is 0.378 e. The van der Waals surface area contributed by atoms with Gasteiger partial charge in [-0.2, -0.15) is 0 Å². The van der Waals surface area contributed by atoms with Gasteiger partial charge in [0.05, 0.1) is 4.92 Å². The Hall–Kier alpha value is -2.74. The molecule has 0 atom stereocenters. The molecule has 0 radical (unpaired) electrons. The predicted octanol–water partition coefficient (Wildman–Crippen LogP) is 3.74. The molecule has 8 heteroatoms. The maximum Gasteiger partial charge on any atom is 0.292 e. The number of carbonyl (C=O) groups excluding carboxylic acids is 1. The highest BCUT2D eigenvalue weighted by atomic mass is 79.9. The summed E-state index contributed by atoms with van der Waals surface area (Å²) in [5.41, 5.74) is 0.648. The van der Waals surface area contributed by atoms with Gasteiger partial charge in [-0.1, -0.05) is 28.1 Å². The SMILES string of the molecule is O=C(/C=C/c1cc(Br)ccc1F)NCCNc1ccccc1[N+](=O)[O-]. The van der Waals surface area contributed by atoms with Gasteiger partial charge < -0.3 is 10.6 Å². The minimum Gasteiger partial charge on any atom is -0.378 e. The van der Waals surface area contributed by atoms with Gasteiger partial charge in [-0.05, 0) is 30.3 Å². The zero-order valence-corrected chi connectivity index (χ0v) is 14.6. The molecule has 2 aromatic rings. The van der Waals surface area contributed by atoms with Crippen molar-refractivity contribution in [2.24, 2.45) is 0 Å². The number of nitrogens with zero attached hydrogens (tertiary/aromatic N) is 1. The number of nitro groups is 1. The molecule has 6 nitrogen and oxygen atoms in total. The molecule has 1 amide bonds. The van der Waals surface area contributed by atoms with Crippen molar-refractivity contribution in [1.82, 2.24) is 5.32 Å². The van der Waals surface area contributed by atoms with Crippen LogP contribution in [0.25, 0.3) is 6.08 Å². The van der Waals surface area contributed by atoms with Gasteiger partial charge in [0.25, 0.3) is 5.69 Å². The van der Waals surface area contributed by atoms with E-state index in [0.29, 0.717) is 22.3 Å². The number of amides is 1. The predicted molar refractivity (Wildman–Crippen MR) is 97.7 cm³/mol. The van der Waals surface area contributed by atoms with Crippen molar-refractivity contribution in [2.75, 3.05) is 18.4 Å². The quantitative estimate of drug-likeness (QED) is 0.317. The topological polar surface area (TPSA) is 84.3 Å². The lowest BCUT2D eigenvalue weighted by atomic mass is 10.2. The molecule has 2 N–H and O–H groups in total. The summed E-state index contributed by atoms with van der Waals surface area (Å²) >= 11 is 3.24. The van der Waals surface area contributed by atoms with Gasteiger partial charge in [0.2, 0.25) is 5.91 Å². The Balaban J connectivity index is 1.82. The molecule has 0 aromatic heterocycles. The van der Waals surface area contributed by atoms with Crippen LogP contribution in [0.2, 0.25) is 0 Å². The first-order valence-corrected chi connectivity index (χ1v) is 8.15. The highest BCUT2D eigenvalue weighted by Crippen LogP contribution is 2.22. The highest BCUT2D eigenvalue weighted by Gasteiger charge is 2.11. The van der Waals surface area contributed by atoms with Crippen LogP contribution < -0.4 is 10.6 Å². The third-order valence-corrected chi connectivity index (χ3v) is 3.71. The molecule has 0 bridgehead atoms. The van der Waals surface area contributed by atoms with E-state index in [1.807, 2.05) is 0 Å². The van der Waals surface area contributed by atoms with Gasteiger partial charge in [-0.15, -0.1) is 0 Å². The van der Waals surface area contributed by atoms with E-state index in [0.717, 1.165) is 0 Å². The summed E-state index contributed by atoms with van der Waals surface area (Å²) < 4.78 is 14.3. The van der Waals surface area contributed by atoms with Gasteiger partial charge in [0.1, 0.15) is 11.5 Å². The van der Waals surface area contributed by atoms with E-state index in [1.54, 1.807) is 30.3 Å². The van der Waals surface area contributed by atoms with Crippen LogP contribution in [0.3, 0.4) is 0 Å². The van der Waals surface area contributed by atoms with Gasteiger partial charge in [0.15, 0.2) is 0 Å². The standard InChI is InChI=1S/C17H15BrFN3O3/c18-13-6-7-14(19)12(11-13)5-8-17(23)21-10-9-20-15-3-1-2-4-16(15)22(24)25/h1-8,11,20H,9-10H2,(H,21,23)/b8-5+. The van der Waals surface area contributed by atoms with Gasteiger partial charge in [0, 0.05) is 35.3 Å². The van der Waals surface area contributed by atoms with Gasteiger partial charge >= 0.3 is 0 Å². The normalized spacial score (nSPS) is 10.6. The molecular formula is C17H15BrFN3O3. The third-order valence-electron chi connectivity index (χ3n) is 3.21. The summed E-state index contributed by atoms with van der Waals surface area (Å²) in [5.74, 6) is -0.811. The van der Waals surface area contributed by atoms with Crippen molar-refractivity contribution in [3.8, 4) is 0 Å². The van der Waals surface area contributed by atoms with Crippen LogP contribution in [0.4, 0.5) is 15.8 Å². The Morgan fingerprint density at radius 1 is 1.24 bits per heavy atom. The second-order valence-corrected chi connectivity index (χ2v) is 5.91. The van der Waals surface area contributed by atoms with E-state index < -0.39 is 10.7 Å². The number of nitrogens with one attached hydrogen (secondary N) is 2. The molecular weight excluding hydrogens is 393 g/mol. The monoisotopic (exact) mass is 407 g/mol. The summed E-state index contributed by atoms with van der Waals surface area (Å²) in [7, 11) is 0. The molecule has 2 rings (SSSR count). The molecule has 130 valence electrons. The van der Waals surface area contributed by atoms with Crippen molar-refractivity contribution >= 4 is 39.3 Å². The zero-order chi connectivity index (χ0) is 18.2. The molecule has 2 aromatic carbocycles.